The number of likely N-dealkylation sites (N-methyl/N-ethyl adjacent to an activating group) is 1. The van der Waals surface area contributed by atoms with Crippen LogP contribution in [0.4, 0.5) is 5.82 Å². The molecular weight excluding hydrogens is 332 g/mol. The van der Waals surface area contributed by atoms with Gasteiger partial charge in [-0.3, -0.25) is 0 Å². The summed E-state index contributed by atoms with van der Waals surface area (Å²) in [5.41, 5.74) is 5.63. The van der Waals surface area contributed by atoms with Crippen LogP contribution in [0.15, 0.2) is 21.6 Å². The quantitative estimate of drug-likeness (QED) is 0.840. The average molecular weight is 349 g/mol. The van der Waals surface area contributed by atoms with Gasteiger partial charge >= 0.3 is 0 Å². The van der Waals surface area contributed by atoms with E-state index in [1.807, 2.05) is 7.05 Å². The molecule has 0 radical (unpaired) electrons. The van der Waals surface area contributed by atoms with Crippen LogP contribution in [0.2, 0.25) is 0 Å². The maximum Gasteiger partial charge on any atom is 0.244 e. The van der Waals surface area contributed by atoms with Gasteiger partial charge in [0.25, 0.3) is 0 Å². The Balaban J connectivity index is 2.12. The fraction of sp³-hybridized carbons (Fsp3) is 0.545. The van der Waals surface area contributed by atoms with E-state index in [-0.39, 0.29) is 16.8 Å². The molecule has 2 rings (SSSR count). The number of rotatable bonds is 4. The molecule has 0 bridgehead atoms. The Bertz CT molecular complexity index is 564. The van der Waals surface area contributed by atoms with Crippen molar-refractivity contribution >= 4 is 31.8 Å². The number of nitrogen functional groups attached to an aromatic ring is 1. The van der Waals surface area contributed by atoms with E-state index in [0.29, 0.717) is 11.0 Å². The maximum absolute atomic E-state index is 12.2. The highest BCUT2D eigenvalue weighted by molar-refractivity contribution is 9.10. The van der Waals surface area contributed by atoms with Crippen LogP contribution in [0, 0.1) is 0 Å². The Labute approximate surface area is 121 Å². The molecule has 1 atom stereocenters. The summed E-state index contributed by atoms with van der Waals surface area (Å²) in [7, 11) is -1.62. The lowest BCUT2D eigenvalue weighted by molar-refractivity contribution is 0.311. The maximum atomic E-state index is 12.2. The molecule has 0 aromatic carbocycles. The van der Waals surface area contributed by atoms with E-state index in [1.165, 1.54) is 12.3 Å². The smallest absolute Gasteiger partial charge is 0.244 e. The summed E-state index contributed by atoms with van der Waals surface area (Å²) in [6.45, 7) is 1.40. The van der Waals surface area contributed by atoms with Crippen LogP contribution < -0.4 is 10.5 Å². The molecule has 1 aliphatic heterocycles. The Morgan fingerprint density at radius 2 is 2.37 bits per heavy atom. The topological polar surface area (TPSA) is 88.3 Å². The number of anilines is 1. The van der Waals surface area contributed by atoms with Crippen LogP contribution in [0.25, 0.3) is 0 Å². The molecule has 1 aromatic rings. The van der Waals surface area contributed by atoms with Gasteiger partial charge in [-0.2, -0.15) is 0 Å². The van der Waals surface area contributed by atoms with Crippen molar-refractivity contribution in [3.05, 3.63) is 16.7 Å². The Hall–Kier alpha value is -0.700. The molecule has 106 valence electrons. The van der Waals surface area contributed by atoms with Crippen LogP contribution >= 0.6 is 15.9 Å². The number of aromatic nitrogens is 1. The minimum Gasteiger partial charge on any atom is -0.383 e. The second-order valence-corrected chi connectivity index (χ2v) is 7.32. The normalized spacial score (nSPS) is 20.8. The molecule has 19 heavy (non-hydrogen) atoms. The number of likely N-dealkylation sites (tertiary alicyclic amines) is 1. The first-order valence-corrected chi connectivity index (χ1v) is 8.28. The zero-order chi connectivity index (χ0) is 14.0. The van der Waals surface area contributed by atoms with Crippen molar-refractivity contribution in [2.75, 3.05) is 25.9 Å². The van der Waals surface area contributed by atoms with Crippen LogP contribution in [0.1, 0.15) is 12.8 Å². The largest absolute Gasteiger partial charge is 0.383 e. The Kier molecular flexibility index (Phi) is 4.44. The number of nitrogens with two attached hydrogens (primary N) is 1. The zero-order valence-corrected chi connectivity index (χ0v) is 13.0. The van der Waals surface area contributed by atoms with E-state index in [4.69, 9.17) is 5.73 Å². The van der Waals surface area contributed by atoms with Crippen LogP contribution in [-0.4, -0.2) is 44.5 Å². The molecular formula is C11H17BrN4O2S. The van der Waals surface area contributed by atoms with Gasteiger partial charge in [0.1, 0.15) is 10.7 Å². The van der Waals surface area contributed by atoms with Crippen molar-refractivity contribution in [1.29, 1.82) is 0 Å². The molecule has 0 spiro atoms. The third-order valence-corrected chi connectivity index (χ3v) is 5.20. The van der Waals surface area contributed by atoms with Gasteiger partial charge in [-0.1, -0.05) is 0 Å². The third kappa shape index (κ3) is 3.44. The Morgan fingerprint density at radius 3 is 3.00 bits per heavy atom. The summed E-state index contributed by atoms with van der Waals surface area (Å²) < 4.78 is 27.6. The minimum atomic E-state index is -3.62. The molecule has 0 amide bonds. The summed E-state index contributed by atoms with van der Waals surface area (Å²) in [6, 6.07) is 1.71. The Morgan fingerprint density at radius 1 is 1.63 bits per heavy atom. The number of sulfonamides is 1. The van der Waals surface area contributed by atoms with Crippen LogP contribution in [0.5, 0.6) is 0 Å². The highest BCUT2D eigenvalue weighted by Crippen LogP contribution is 2.21. The van der Waals surface area contributed by atoms with E-state index >= 15 is 0 Å². The number of halogens is 1. The number of hydrogen-bond acceptors (Lipinski definition) is 5. The summed E-state index contributed by atoms with van der Waals surface area (Å²) in [5.74, 6) is 0.00970. The first kappa shape index (κ1) is 14.7. The van der Waals surface area contributed by atoms with Crippen molar-refractivity contribution in [3.63, 3.8) is 0 Å². The molecule has 0 saturated carbocycles. The number of nitrogens with one attached hydrogen (secondary N) is 1. The highest BCUT2D eigenvalue weighted by atomic mass is 79.9. The predicted molar refractivity (Wildman–Crippen MR) is 77.2 cm³/mol. The molecule has 3 N–H and O–H groups in total. The van der Waals surface area contributed by atoms with E-state index < -0.39 is 10.0 Å². The van der Waals surface area contributed by atoms with Gasteiger partial charge in [0, 0.05) is 23.3 Å². The fourth-order valence-corrected chi connectivity index (χ4v) is 3.83. The molecule has 0 aliphatic carbocycles. The van der Waals surface area contributed by atoms with Gasteiger partial charge < -0.3 is 10.6 Å². The second-order valence-electron chi connectivity index (χ2n) is 4.67. The fourth-order valence-electron chi connectivity index (χ4n) is 2.17. The first-order chi connectivity index (χ1) is 8.90. The van der Waals surface area contributed by atoms with Crippen LogP contribution in [-0.2, 0) is 10.0 Å². The summed E-state index contributed by atoms with van der Waals surface area (Å²) in [6.07, 6.45) is 3.58. The van der Waals surface area contributed by atoms with Gasteiger partial charge in [0.15, 0.2) is 0 Å². The summed E-state index contributed by atoms with van der Waals surface area (Å²) in [4.78, 5) is 6.01. The van der Waals surface area contributed by atoms with E-state index in [9.17, 15) is 8.42 Å². The summed E-state index contributed by atoms with van der Waals surface area (Å²) in [5, 5.41) is 0. The van der Waals surface area contributed by atoms with Gasteiger partial charge in [-0.15, -0.1) is 0 Å². The lowest BCUT2D eigenvalue weighted by Gasteiger charge is -2.19. The second kappa shape index (κ2) is 5.74. The lowest BCUT2D eigenvalue weighted by atomic mass is 10.2. The van der Waals surface area contributed by atoms with E-state index in [1.54, 1.807) is 0 Å². The van der Waals surface area contributed by atoms with Gasteiger partial charge in [0.05, 0.1) is 0 Å². The predicted octanol–water partition coefficient (Wildman–Crippen LogP) is 0.799. The van der Waals surface area contributed by atoms with Crippen molar-refractivity contribution in [1.82, 2.24) is 14.6 Å². The van der Waals surface area contributed by atoms with Gasteiger partial charge in [-0.25, -0.2) is 18.1 Å². The number of hydrogen-bond donors (Lipinski definition) is 2. The number of nitrogens with zero attached hydrogens (tertiary/aromatic N) is 2. The van der Waals surface area contributed by atoms with Crippen molar-refractivity contribution in [2.24, 2.45) is 0 Å². The monoisotopic (exact) mass is 348 g/mol. The standard InChI is InChI=1S/C11H17BrN4O2S/c1-16-4-2-3-9(16)7-15-19(17,18)10-5-8(12)6-14-11(10)13/h5-6,9,15H,2-4,7H2,1H3,(H2,13,14). The molecule has 1 aliphatic rings. The van der Waals surface area contributed by atoms with Gasteiger partial charge in [0.2, 0.25) is 10.0 Å². The zero-order valence-electron chi connectivity index (χ0n) is 10.6. The number of pyridine rings is 1. The minimum absolute atomic E-state index is 0.00970. The molecule has 1 unspecified atom stereocenters. The SMILES string of the molecule is CN1CCCC1CNS(=O)(=O)c1cc(Br)cnc1N. The lowest BCUT2D eigenvalue weighted by Crippen LogP contribution is -2.38. The molecule has 1 fully saturated rings. The van der Waals surface area contributed by atoms with E-state index in [0.717, 1.165) is 19.4 Å². The molecule has 8 heteroatoms. The molecule has 1 aromatic heterocycles. The third-order valence-electron chi connectivity index (χ3n) is 3.32. The highest BCUT2D eigenvalue weighted by Gasteiger charge is 2.24. The van der Waals surface area contributed by atoms with Crippen molar-refractivity contribution in [2.45, 2.75) is 23.8 Å². The summed E-state index contributed by atoms with van der Waals surface area (Å²) >= 11 is 3.20. The van der Waals surface area contributed by atoms with Gasteiger partial charge in [-0.05, 0) is 48.4 Å². The van der Waals surface area contributed by atoms with Crippen molar-refractivity contribution < 1.29 is 8.42 Å². The van der Waals surface area contributed by atoms with E-state index in [2.05, 4.69) is 30.5 Å². The van der Waals surface area contributed by atoms with Crippen LogP contribution in [0.3, 0.4) is 0 Å². The molecule has 6 nitrogen and oxygen atoms in total. The average Bonchev–Trinajstić information content (AvgIpc) is 2.75. The molecule has 2 heterocycles. The molecule has 1 saturated heterocycles. The van der Waals surface area contributed by atoms with Crippen molar-refractivity contribution in [3.8, 4) is 0 Å². The first-order valence-electron chi connectivity index (χ1n) is 6.01.